The number of methoxy groups -OCH3 is 1. The van der Waals surface area contributed by atoms with Gasteiger partial charge < -0.3 is 19.4 Å². The first kappa shape index (κ1) is 26.8. The van der Waals surface area contributed by atoms with Gasteiger partial charge in [0, 0.05) is 30.1 Å². The van der Waals surface area contributed by atoms with Gasteiger partial charge in [0.25, 0.3) is 5.91 Å². The largest absolute Gasteiger partial charge is 0.497 e. The Morgan fingerprint density at radius 3 is 2.46 bits per heavy atom. The zero-order valence-electron chi connectivity index (χ0n) is 21.5. The Bertz CT molecular complexity index is 1190. The molecule has 1 saturated heterocycles. The smallest absolute Gasteiger partial charge is 0.254 e. The van der Waals surface area contributed by atoms with Crippen LogP contribution in [0.15, 0.2) is 60.0 Å². The maximum Gasteiger partial charge on any atom is 0.254 e. The van der Waals surface area contributed by atoms with Crippen LogP contribution in [-0.4, -0.2) is 66.3 Å². The van der Waals surface area contributed by atoms with Gasteiger partial charge in [-0.3, -0.25) is 9.59 Å². The number of hydrogen-bond acceptors (Lipinski definition) is 5. The van der Waals surface area contributed by atoms with Gasteiger partial charge in [0.1, 0.15) is 18.1 Å². The lowest BCUT2D eigenvalue weighted by molar-refractivity contribution is -0.133. The van der Waals surface area contributed by atoms with Crippen LogP contribution in [0.5, 0.6) is 5.75 Å². The Hall–Kier alpha value is -3.23. The second-order valence-electron chi connectivity index (χ2n) is 9.41. The first-order chi connectivity index (χ1) is 17.9. The summed E-state index contributed by atoms with van der Waals surface area (Å²) in [6, 6.07) is 15.3. The van der Waals surface area contributed by atoms with E-state index in [-0.39, 0.29) is 24.2 Å². The normalized spacial score (nSPS) is 13.5. The molecule has 37 heavy (non-hydrogen) atoms. The minimum absolute atomic E-state index is 0.0322. The molecular weight excluding hydrogens is 489 g/mol. The number of benzene rings is 2. The van der Waals surface area contributed by atoms with Crippen molar-refractivity contribution in [3.63, 3.8) is 0 Å². The van der Waals surface area contributed by atoms with Gasteiger partial charge in [0.2, 0.25) is 5.91 Å². The third kappa shape index (κ3) is 7.40. The second-order valence-corrected chi connectivity index (χ2v) is 10.4. The van der Waals surface area contributed by atoms with Crippen molar-refractivity contribution < 1.29 is 18.7 Å². The molecule has 0 unspecified atom stereocenters. The molecule has 3 aromatic rings. The molecule has 8 heteroatoms. The van der Waals surface area contributed by atoms with Gasteiger partial charge in [-0.2, -0.15) is 0 Å². The molecule has 4 rings (SSSR count). The van der Waals surface area contributed by atoms with E-state index in [4.69, 9.17) is 4.74 Å². The Morgan fingerprint density at radius 2 is 1.78 bits per heavy atom. The van der Waals surface area contributed by atoms with Crippen LogP contribution in [0.3, 0.4) is 0 Å². The Morgan fingerprint density at radius 1 is 1.03 bits per heavy atom. The van der Waals surface area contributed by atoms with E-state index in [1.807, 2.05) is 18.4 Å². The van der Waals surface area contributed by atoms with Gasteiger partial charge in [-0.1, -0.05) is 18.2 Å². The standard InChI is InChI=1S/C29H34FN3O3S/c1-22-12-17-37-27(22)20-33(19-23-8-10-25(30)11-9-23)28(34)21-32(16-15-31-13-3-4-14-31)29(35)24-6-5-7-26(18-24)36-2/h5-12,17-18H,3-4,13-16,19-21H2,1-2H3. The number of hydrogen-bond donors (Lipinski definition) is 0. The summed E-state index contributed by atoms with van der Waals surface area (Å²) in [7, 11) is 1.57. The van der Waals surface area contributed by atoms with Crippen LogP contribution in [0.4, 0.5) is 4.39 Å². The van der Waals surface area contributed by atoms with Crippen molar-refractivity contribution in [3.05, 3.63) is 87.4 Å². The Kier molecular flexibility index (Phi) is 9.30. The number of carbonyl (C=O) groups excluding carboxylic acids is 2. The van der Waals surface area contributed by atoms with E-state index in [2.05, 4.69) is 4.90 Å². The first-order valence-electron chi connectivity index (χ1n) is 12.6. The van der Waals surface area contributed by atoms with E-state index in [9.17, 15) is 14.0 Å². The average Bonchev–Trinajstić information content (AvgIpc) is 3.58. The molecule has 1 fully saturated rings. The van der Waals surface area contributed by atoms with Gasteiger partial charge in [-0.15, -0.1) is 11.3 Å². The van der Waals surface area contributed by atoms with E-state index in [0.717, 1.165) is 48.5 Å². The van der Waals surface area contributed by atoms with Crippen LogP contribution in [0.25, 0.3) is 0 Å². The molecular formula is C29H34FN3O3S. The molecule has 1 aromatic heterocycles. The van der Waals surface area contributed by atoms with Crippen molar-refractivity contribution in [2.45, 2.75) is 32.9 Å². The third-order valence-electron chi connectivity index (χ3n) is 6.76. The van der Waals surface area contributed by atoms with Gasteiger partial charge in [-0.05, 0) is 85.8 Å². The number of carbonyl (C=O) groups is 2. The zero-order valence-corrected chi connectivity index (χ0v) is 22.3. The van der Waals surface area contributed by atoms with E-state index >= 15 is 0 Å². The number of rotatable bonds is 11. The zero-order chi connectivity index (χ0) is 26.2. The first-order valence-corrected chi connectivity index (χ1v) is 13.5. The average molecular weight is 524 g/mol. The van der Waals surface area contributed by atoms with Crippen LogP contribution in [-0.2, 0) is 17.9 Å². The minimum atomic E-state index is -0.312. The number of nitrogens with zero attached hydrogens (tertiary/aromatic N) is 3. The molecule has 1 aliphatic rings. The number of aryl methyl sites for hydroxylation is 1. The summed E-state index contributed by atoms with van der Waals surface area (Å²) in [6.45, 7) is 6.00. The monoisotopic (exact) mass is 523 g/mol. The molecule has 0 atom stereocenters. The molecule has 0 N–H and O–H groups in total. The van der Waals surface area contributed by atoms with E-state index < -0.39 is 0 Å². The summed E-state index contributed by atoms with van der Waals surface area (Å²) in [5.74, 6) is -0.0502. The molecule has 2 aromatic carbocycles. The third-order valence-corrected chi connectivity index (χ3v) is 7.76. The Labute approximate surface area is 222 Å². The van der Waals surface area contributed by atoms with Gasteiger partial charge in [0.05, 0.1) is 13.7 Å². The molecule has 0 radical (unpaired) electrons. The number of amides is 2. The van der Waals surface area contributed by atoms with Crippen molar-refractivity contribution in [1.82, 2.24) is 14.7 Å². The van der Waals surface area contributed by atoms with Gasteiger partial charge in [0.15, 0.2) is 0 Å². The predicted molar refractivity (Wildman–Crippen MR) is 144 cm³/mol. The fraction of sp³-hybridized carbons (Fsp3) is 0.379. The summed E-state index contributed by atoms with van der Waals surface area (Å²) >= 11 is 1.61. The summed E-state index contributed by atoms with van der Waals surface area (Å²) in [4.78, 5) is 34.2. The summed E-state index contributed by atoms with van der Waals surface area (Å²) < 4.78 is 18.8. The fourth-order valence-corrected chi connectivity index (χ4v) is 5.43. The molecule has 2 heterocycles. The van der Waals surface area contributed by atoms with E-state index in [1.165, 1.54) is 12.1 Å². The van der Waals surface area contributed by atoms with E-state index in [1.54, 1.807) is 64.6 Å². The molecule has 1 aliphatic heterocycles. The minimum Gasteiger partial charge on any atom is -0.497 e. The fourth-order valence-electron chi connectivity index (χ4n) is 4.50. The Balaban J connectivity index is 1.55. The number of thiophene rings is 1. The SMILES string of the molecule is COc1cccc(C(=O)N(CCN2CCCC2)CC(=O)N(Cc2ccc(F)cc2)Cc2sccc2C)c1. The molecule has 0 spiro atoms. The molecule has 0 bridgehead atoms. The second kappa shape index (κ2) is 12.8. The maximum atomic E-state index is 13.7. The van der Waals surface area contributed by atoms with Crippen LogP contribution < -0.4 is 4.74 Å². The van der Waals surface area contributed by atoms with Crippen molar-refractivity contribution in [2.75, 3.05) is 39.8 Å². The van der Waals surface area contributed by atoms with Gasteiger partial charge in [-0.25, -0.2) is 4.39 Å². The maximum absolute atomic E-state index is 13.7. The predicted octanol–water partition coefficient (Wildman–Crippen LogP) is 4.97. The number of ether oxygens (including phenoxy) is 1. The topological polar surface area (TPSA) is 53.1 Å². The molecule has 0 aliphatic carbocycles. The van der Waals surface area contributed by atoms with Crippen LogP contribution >= 0.6 is 11.3 Å². The van der Waals surface area contributed by atoms with Crippen molar-refractivity contribution >= 4 is 23.2 Å². The van der Waals surface area contributed by atoms with E-state index in [0.29, 0.717) is 30.9 Å². The quantitative estimate of drug-likeness (QED) is 0.356. The highest BCUT2D eigenvalue weighted by molar-refractivity contribution is 7.10. The van der Waals surface area contributed by atoms with Crippen molar-refractivity contribution in [1.29, 1.82) is 0 Å². The molecule has 6 nitrogen and oxygen atoms in total. The van der Waals surface area contributed by atoms with Crippen LogP contribution in [0.2, 0.25) is 0 Å². The summed E-state index contributed by atoms with van der Waals surface area (Å²) in [5, 5.41) is 2.01. The summed E-state index contributed by atoms with van der Waals surface area (Å²) in [6.07, 6.45) is 2.32. The molecule has 196 valence electrons. The molecule has 2 amide bonds. The van der Waals surface area contributed by atoms with Gasteiger partial charge >= 0.3 is 0 Å². The summed E-state index contributed by atoms with van der Waals surface area (Å²) in [5.41, 5.74) is 2.46. The highest BCUT2D eigenvalue weighted by atomic mass is 32.1. The molecule has 0 saturated carbocycles. The lowest BCUT2D eigenvalue weighted by Crippen LogP contribution is -2.45. The lowest BCUT2D eigenvalue weighted by atomic mass is 10.1. The van der Waals surface area contributed by atoms with Crippen molar-refractivity contribution in [3.8, 4) is 5.75 Å². The lowest BCUT2D eigenvalue weighted by Gasteiger charge is -2.29. The van der Waals surface area contributed by atoms with Crippen LogP contribution in [0, 0.1) is 12.7 Å². The van der Waals surface area contributed by atoms with Crippen molar-refractivity contribution in [2.24, 2.45) is 0 Å². The number of likely N-dealkylation sites (tertiary alicyclic amines) is 1. The van der Waals surface area contributed by atoms with Crippen LogP contribution in [0.1, 0.15) is 39.2 Å². The highest BCUT2D eigenvalue weighted by Gasteiger charge is 2.25. The number of halogens is 1. The highest BCUT2D eigenvalue weighted by Crippen LogP contribution is 2.21.